The van der Waals surface area contributed by atoms with Gasteiger partial charge in [0.25, 0.3) is 0 Å². The Morgan fingerprint density at radius 1 is 0.356 bits per heavy atom. The highest BCUT2D eigenvalue weighted by atomic mass is 19.4. The van der Waals surface area contributed by atoms with Crippen LogP contribution in [0, 0.1) is 45.9 Å². The zero-order chi connectivity index (χ0) is 50.3. The second kappa shape index (κ2) is 17.4. The highest BCUT2D eigenvalue weighted by Crippen LogP contribution is 2.47. The predicted molar refractivity (Wildman–Crippen MR) is 296 cm³/mol. The Labute approximate surface area is 422 Å². The maximum absolute atomic E-state index is 15.7. The van der Waals surface area contributed by atoms with Crippen LogP contribution in [0.2, 0.25) is 0 Å². The van der Waals surface area contributed by atoms with E-state index in [0.717, 1.165) is 110 Å². The molecule has 0 radical (unpaired) electrons. The highest BCUT2D eigenvalue weighted by molar-refractivity contribution is 6.14. The molecule has 0 bridgehead atoms. The Bertz CT molecular complexity index is 4070. The fourth-order valence-electron chi connectivity index (χ4n) is 11.3. The molecule has 0 amide bonds. The lowest BCUT2D eigenvalue weighted by Gasteiger charge is -2.22. The maximum atomic E-state index is 15.7. The van der Waals surface area contributed by atoms with Gasteiger partial charge in [-0.2, -0.15) is 18.4 Å². The van der Waals surface area contributed by atoms with E-state index in [1.54, 1.807) is 13.0 Å². The molecule has 0 atom stereocenters. The zero-order valence-electron chi connectivity index (χ0n) is 41.0. The molecule has 3 nitrogen and oxygen atoms in total. The molecule has 12 aromatic rings. The number of rotatable bonds is 7. The van der Waals surface area contributed by atoms with Gasteiger partial charge in [0.1, 0.15) is 6.07 Å². The van der Waals surface area contributed by atoms with E-state index in [9.17, 15) is 5.26 Å². The van der Waals surface area contributed by atoms with Crippen molar-refractivity contribution in [2.45, 2.75) is 40.8 Å². The molecule has 0 saturated carbocycles. The monoisotopic (exact) mass is 951 g/mol. The third-order valence-corrected chi connectivity index (χ3v) is 14.9. The Kier molecular flexibility index (Phi) is 10.8. The van der Waals surface area contributed by atoms with Crippen LogP contribution in [-0.2, 0) is 6.18 Å². The maximum Gasteiger partial charge on any atom is 0.417 e. The molecule has 0 fully saturated rings. The summed E-state index contributed by atoms with van der Waals surface area (Å²) in [7, 11) is 0. The first-order valence-corrected chi connectivity index (χ1v) is 24.5. The standard InChI is InChI=1S/C67H48F3N3/c1-40-15-6-10-20-50(40)45-25-29-60-54(33-45)55-34-46(51-21-11-7-16-41(51)2)26-30-61(55)72(60)64-38-58(66-44(5)19-14-24-59(66)67(68,69)70)65(37-49(64)39-71)73-62-31-27-47(52-22-12-8-17-42(52)3)35-56(62)57-36-48(28-32-63(57)73)53-23-13-9-18-43(53)4/h6-38H,1-5H3. The van der Waals surface area contributed by atoms with Crippen molar-refractivity contribution in [2.75, 3.05) is 0 Å². The van der Waals surface area contributed by atoms with Crippen LogP contribution in [0.25, 0.3) is 111 Å². The fraction of sp³-hybridized carbons (Fsp3) is 0.0896. The van der Waals surface area contributed by atoms with Crippen LogP contribution in [0.1, 0.15) is 38.9 Å². The smallest absolute Gasteiger partial charge is 0.309 e. The average molecular weight is 952 g/mol. The van der Waals surface area contributed by atoms with E-state index in [1.807, 2.05) is 60.7 Å². The number of nitriles is 1. The van der Waals surface area contributed by atoms with Crippen molar-refractivity contribution in [1.82, 2.24) is 9.13 Å². The molecule has 0 aliphatic heterocycles. The van der Waals surface area contributed by atoms with E-state index in [-0.39, 0.29) is 5.56 Å². The summed E-state index contributed by atoms with van der Waals surface area (Å²) in [6.07, 6.45) is -4.69. The molecule has 2 heterocycles. The van der Waals surface area contributed by atoms with Gasteiger partial charge in [0.15, 0.2) is 0 Å². The van der Waals surface area contributed by atoms with Crippen molar-refractivity contribution in [3.05, 3.63) is 239 Å². The second-order valence-electron chi connectivity index (χ2n) is 19.4. The summed E-state index contributed by atoms with van der Waals surface area (Å²) >= 11 is 0. The van der Waals surface area contributed by atoms with E-state index in [2.05, 4.69) is 164 Å². The molecule has 352 valence electrons. The van der Waals surface area contributed by atoms with Crippen molar-refractivity contribution in [2.24, 2.45) is 0 Å². The number of alkyl halides is 3. The summed E-state index contributed by atoms with van der Waals surface area (Å²) in [6.45, 7) is 10.1. The zero-order valence-corrected chi connectivity index (χ0v) is 41.0. The van der Waals surface area contributed by atoms with Crippen LogP contribution in [0.4, 0.5) is 13.2 Å². The third-order valence-electron chi connectivity index (χ3n) is 14.9. The number of nitrogens with zero attached hydrogens (tertiary/aromatic N) is 3. The quantitative estimate of drug-likeness (QED) is 0.157. The normalized spacial score (nSPS) is 11.8. The lowest BCUT2D eigenvalue weighted by atomic mass is 9.91. The first-order chi connectivity index (χ1) is 35.4. The minimum Gasteiger partial charge on any atom is -0.309 e. The molecule has 0 N–H and O–H groups in total. The van der Waals surface area contributed by atoms with Crippen LogP contribution in [0.15, 0.2) is 200 Å². The Morgan fingerprint density at radius 3 is 1.04 bits per heavy atom. The molecule has 12 rings (SSSR count). The largest absolute Gasteiger partial charge is 0.417 e. The van der Waals surface area contributed by atoms with Gasteiger partial charge in [-0.15, -0.1) is 0 Å². The number of aromatic nitrogens is 2. The van der Waals surface area contributed by atoms with Crippen molar-refractivity contribution in [1.29, 1.82) is 5.26 Å². The second-order valence-corrected chi connectivity index (χ2v) is 19.4. The topological polar surface area (TPSA) is 33.6 Å². The van der Waals surface area contributed by atoms with Gasteiger partial charge < -0.3 is 9.13 Å². The number of hydrogen-bond acceptors (Lipinski definition) is 1. The summed E-state index contributed by atoms with van der Waals surface area (Å²) in [6, 6.07) is 69.2. The number of halogens is 3. The number of fused-ring (bicyclic) bond motifs is 6. The number of hydrogen-bond donors (Lipinski definition) is 0. The Balaban J connectivity index is 1.20. The van der Waals surface area contributed by atoms with Gasteiger partial charge in [0, 0.05) is 27.1 Å². The Morgan fingerprint density at radius 2 is 0.699 bits per heavy atom. The highest BCUT2D eigenvalue weighted by Gasteiger charge is 2.36. The lowest BCUT2D eigenvalue weighted by molar-refractivity contribution is -0.137. The molecule has 2 aromatic heterocycles. The van der Waals surface area contributed by atoms with E-state index >= 15 is 13.2 Å². The lowest BCUT2D eigenvalue weighted by Crippen LogP contribution is -2.10. The van der Waals surface area contributed by atoms with Gasteiger partial charge in [-0.25, -0.2) is 0 Å². The van der Waals surface area contributed by atoms with Crippen LogP contribution in [0.5, 0.6) is 0 Å². The third kappa shape index (κ3) is 7.51. The average Bonchev–Trinajstić information content (AvgIpc) is 3.89. The van der Waals surface area contributed by atoms with E-state index in [0.29, 0.717) is 28.1 Å². The fourth-order valence-corrected chi connectivity index (χ4v) is 11.3. The molecular formula is C67H48F3N3. The summed E-state index contributed by atoms with van der Waals surface area (Å²) in [5.74, 6) is 0. The molecular weight excluding hydrogens is 904 g/mol. The summed E-state index contributed by atoms with van der Waals surface area (Å²) in [4.78, 5) is 0. The van der Waals surface area contributed by atoms with Crippen LogP contribution in [-0.4, -0.2) is 9.13 Å². The summed E-state index contributed by atoms with van der Waals surface area (Å²) in [5, 5.41) is 15.3. The molecule has 0 spiro atoms. The predicted octanol–water partition coefficient (Wildman–Crippen LogP) is 18.6. The van der Waals surface area contributed by atoms with Gasteiger partial charge in [0.05, 0.1) is 44.6 Å². The first-order valence-electron chi connectivity index (χ1n) is 24.5. The molecule has 0 aliphatic rings. The van der Waals surface area contributed by atoms with Crippen LogP contribution >= 0.6 is 0 Å². The van der Waals surface area contributed by atoms with Gasteiger partial charge in [-0.1, -0.05) is 133 Å². The SMILES string of the molecule is Cc1ccccc1-c1ccc2c(c1)c1cc(-c3ccccc3C)ccc1n2-c1cc(-c2c(C)cccc2C(F)(F)F)c(-n2c3ccc(-c4ccccc4C)cc3c3cc(-c4ccccc4C)ccc32)cc1C#N. The first kappa shape index (κ1) is 45.2. The van der Waals surface area contributed by atoms with Gasteiger partial charge >= 0.3 is 6.18 Å². The van der Waals surface area contributed by atoms with E-state index in [1.165, 1.54) is 12.1 Å². The van der Waals surface area contributed by atoms with Gasteiger partial charge in [-0.05, 0) is 179 Å². The van der Waals surface area contributed by atoms with Crippen molar-refractivity contribution < 1.29 is 13.2 Å². The van der Waals surface area contributed by atoms with Crippen molar-refractivity contribution in [3.8, 4) is 73.1 Å². The minimum atomic E-state index is -4.69. The molecule has 10 aromatic carbocycles. The van der Waals surface area contributed by atoms with Crippen LogP contribution in [0.3, 0.4) is 0 Å². The van der Waals surface area contributed by atoms with E-state index < -0.39 is 11.7 Å². The number of aryl methyl sites for hydroxylation is 5. The van der Waals surface area contributed by atoms with Crippen molar-refractivity contribution >= 4 is 43.6 Å². The minimum absolute atomic E-state index is 0.0586. The summed E-state index contributed by atoms with van der Waals surface area (Å²) in [5.41, 5.74) is 17.7. The molecule has 6 heteroatoms. The van der Waals surface area contributed by atoms with Gasteiger partial charge in [-0.3, -0.25) is 0 Å². The van der Waals surface area contributed by atoms with Crippen molar-refractivity contribution in [3.63, 3.8) is 0 Å². The summed E-state index contributed by atoms with van der Waals surface area (Å²) < 4.78 is 51.1. The van der Waals surface area contributed by atoms with E-state index in [4.69, 9.17) is 0 Å². The Hall–Kier alpha value is -8.92. The molecule has 0 saturated heterocycles. The van der Waals surface area contributed by atoms with Gasteiger partial charge in [0.2, 0.25) is 0 Å². The van der Waals surface area contributed by atoms with Crippen LogP contribution < -0.4 is 0 Å². The molecule has 0 unspecified atom stereocenters. The number of benzene rings is 10. The molecule has 0 aliphatic carbocycles. The molecule has 73 heavy (non-hydrogen) atoms.